The highest BCUT2D eigenvalue weighted by Crippen LogP contribution is 2.38. The van der Waals surface area contributed by atoms with Crippen molar-refractivity contribution < 1.29 is 9.13 Å². The molecule has 0 aliphatic carbocycles. The quantitative estimate of drug-likeness (QED) is 0.193. The van der Waals surface area contributed by atoms with Gasteiger partial charge in [-0.1, -0.05) is 54.6 Å². The van der Waals surface area contributed by atoms with Crippen molar-refractivity contribution in [1.29, 1.82) is 0 Å². The largest absolute Gasteiger partial charge is 0.457 e. The molecule has 214 valence electrons. The van der Waals surface area contributed by atoms with Crippen molar-refractivity contribution in [3.63, 3.8) is 0 Å². The fraction of sp³-hybridized carbons (Fsp3) is 0.0263. The van der Waals surface area contributed by atoms with Gasteiger partial charge in [0.05, 0.1) is 16.6 Å². The van der Waals surface area contributed by atoms with Gasteiger partial charge in [0, 0.05) is 39.4 Å². The first-order valence-corrected chi connectivity index (χ1v) is 14.7. The molecule has 0 aliphatic heterocycles. The summed E-state index contributed by atoms with van der Waals surface area (Å²) in [6, 6.07) is 39.2. The summed E-state index contributed by atoms with van der Waals surface area (Å²) < 4.78 is 26.1. The molecule has 0 N–H and O–H groups in total. The van der Waals surface area contributed by atoms with E-state index in [-0.39, 0.29) is 5.82 Å². The van der Waals surface area contributed by atoms with Crippen LogP contribution in [0.15, 0.2) is 128 Å². The van der Waals surface area contributed by atoms with Crippen LogP contribution in [0.5, 0.6) is 11.5 Å². The second-order valence-electron chi connectivity index (χ2n) is 11.2. The number of pyridine rings is 2. The van der Waals surface area contributed by atoms with Gasteiger partial charge < -0.3 is 4.74 Å². The van der Waals surface area contributed by atoms with Crippen LogP contribution in [0.3, 0.4) is 0 Å². The van der Waals surface area contributed by atoms with Crippen LogP contribution in [0.4, 0.5) is 4.39 Å². The highest BCUT2D eigenvalue weighted by Gasteiger charge is 2.20. The molecule has 4 aromatic heterocycles. The molecule has 0 saturated heterocycles. The Morgan fingerprint density at radius 3 is 2.24 bits per heavy atom. The highest BCUT2D eigenvalue weighted by molar-refractivity contribution is 6.13. The van der Waals surface area contributed by atoms with Gasteiger partial charge in [-0.25, -0.2) is 9.37 Å². The van der Waals surface area contributed by atoms with Crippen molar-refractivity contribution >= 4 is 49.1 Å². The lowest BCUT2D eigenvalue weighted by atomic mass is 10.0. The smallest absolute Gasteiger partial charge is 0.169 e. The SMILES string of the molecule is Cc1ccccc1-c1nnc2c3cc(Oc4ccc5c6ccccc6n(-c6ccccn6)c5c4)ccc3c3c(F)cccc3n12. The number of hydrogen-bond acceptors (Lipinski definition) is 4. The number of nitrogens with zero attached hydrogens (tertiary/aromatic N) is 5. The number of aromatic nitrogens is 5. The van der Waals surface area contributed by atoms with Crippen LogP contribution in [0.2, 0.25) is 0 Å². The van der Waals surface area contributed by atoms with Crippen molar-refractivity contribution in [2.45, 2.75) is 6.92 Å². The van der Waals surface area contributed by atoms with Crippen molar-refractivity contribution in [2.75, 3.05) is 0 Å². The molecule has 0 fully saturated rings. The maximum absolute atomic E-state index is 15.5. The standard InChI is InChI=1S/C38H24FN5O/c1-23-9-2-3-10-26(23)37-41-42-38-30-21-24(17-19-29(30)36-31(39)12-8-14-33(36)44(37)38)45-25-16-18-28-27-11-4-5-13-32(27)43(34(28)22-25)35-15-6-7-20-40-35/h2-22H,1H3. The molecule has 0 amide bonds. The maximum Gasteiger partial charge on any atom is 0.169 e. The summed E-state index contributed by atoms with van der Waals surface area (Å²) in [7, 11) is 0. The van der Waals surface area contributed by atoms with Crippen molar-refractivity contribution in [2.24, 2.45) is 0 Å². The first-order valence-electron chi connectivity index (χ1n) is 14.7. The van der Waals surface area contributed by atoms with Crippen LogP contribution in [-0.2, 0) is 0 Å². The van der Waals surface area contributed by atoms with Gasteiger partial charge in [0.15, 0.2) is 11.5 Å². The minimum Gasteiger partial charge on any atom is -0.457 e. The second-order valence-corrected chi connectivity index (χ2v) is 11.2. The molecule has 0 bridgehead atoms. The number of hydrogen-bond donors (Lipinski definition) is 0. The van der Waals surface area contributed by atoms with Crippen LogP contribution in [0.25, 0.3) is 66.3 Å². The molecule has 0 aliphatic rings. The van der Waals surface area contributed by atoms with E-state index >= 15 is 4.39 Å². The molecular weight excluding hydrogens is 561 g/mol. The van der Waals surface area contributed by atoms with Gasteiger partial charge in [-0.05, 0) is 78.5 Å². The topological polar surface area (TPSA) is 57.2 Å². The van der Waals surface area contributed by atoms with E-state index in [1.807, 2.05) is 102 Å². The van der Waals surface area contributed by atoms with E-state index in [9.17, 15) is 0 Å². The second kappa shape index (κ2) is 9.72. The Hall–Kier alpha value is -6.08. The third kappa shape index (κ3) is 3.84. The first-order chi connectivity index (χ1) is 22.2. The predicted octanol–water partition coefficient (Wildman–Crippen LogP) is 9.43. The summed E-state index contributed by atoms with van der Waals surface area (Å²) in [5.41, 5.74) is 5.41. The van der Waals surface area contributed by atoms with Gasteiger partial charge in [-0.3, -0.25) is 8.97 Å². The lowest BCUT2D eigenvalue weighted by molar-refractivity contribution is 0.484. The Bertz CT molecular complexity index is 2600. The Morgan fingerprint density at radius 2 is 1.38 bits per heavy atom. The summed E-state index contributed by atoms with van der Waals surface area (Å²) in [5, 5.41) is 13.5. The van der Waals surface area contributed by atoms with Gasteiger partial charge in [0.25, 0.3) is 0 Å². The molecule has 0 atom stereocenters. The highest BCUT2D eigenvalue weighted by atomic mass is 19.1. The number of ether oxygens (including phenoxy) is 1. The van der Waals surface area contributed by atoms with E-state index in [4.69, 9.17) is 4.74 Å². The summed E-state index contributed by atoms with van der Waals surface area (Å²) in [6.07, 6.45) is 1.80. The zero-order valence-corrected chi connectivity index (χ0v) is 24.1. The van der Waals surface area contributed by atoms with Gasteiger partial charge >= 0.3 is 0 Å². The zero-order chi connectivity index (χ0) is 30.1. The molecule has 7 heteroatoms. The molecule has 0 unspecified atom stereocenters. The fourth-order valence-electron chi connectivity index (χ4n) is 6.52. The zero-order valence-electron chi connectivity index (χ0n) is 24.1. The van der Waals surface area contributed by atoms with E-state index in [2.05, 4.69) is 37.9 Å². The van der Waals surface area contributed by atoms with E-state index in [1.54, 1.807) is 12.3 Å². The van der Waals surface area contributed by atoms with Crippen LogP contribution >= 0.6 is 0 Å². The Labute approximate surface area is 256 Å². The molecule has 6 nitrogen and oxygen atoms in total. The molecule has 9 aromatic rings. The Balaban J connectivity index is 1.24. The lowest BCUT2D eigenvalue weighted by Crippen LogP contribution is -1.97. The molecule has 4 heterocycles. The monoisotopic (exact) mass is 585 g/mol. The molecule has 0 saturated carbocycles. The third-order valence-corrected chi connectivity index (χ3v) is 8.54. The summed E-state index contributed by atoms with van der Waals surface area (Å²) in [5.74, 6) is 2.48. The van der Waals surface area contributed by atoms with Crippen LogP contribution in [-0.4, -0.2) is 24.1 Å². The van der Waals surface area contributed by atoms with E-state index < -0.39 is 0 Å². The Kier molecular flexibility index (Phi) is 5.49. The molecule has 9 rings (SSSR count). The number of fused-ring (bicyclic) bond motifs is 9. The van der Waals surface area contributed by atoms with Gasteiger partial charge in [-0.15, -0.1) is 10.2 Å². The number of benzene rings is 5. The summed E-state index contributed by atoms with van der Waals surface area (Å²) in [6.45, 7) is 2.04. The lowest BCUT2D eigenvalue weighted by Gasteiger charge is -2.13. The van der Waals surface area contributed by atoms with Crippen LogP contribution in [0.1, 0.15) is 5.56 Å². The molecule has 5 aromatic carbocycles. The summed E-state index contributed by atoms with van der Waals surface area (Å²) in [4.78, 5) is 4.64. The van der Waals surface area contributed by atoms with Crippen LogP contribution < -0.4 is 4.74 Å². The minimum atomic E-state index is -0.301. The average molecular weight is 586 g/mol. The number of rotatable bonds is 4. The van der Waals surface area contributed by atoms with E-state index in [0.717, 1.165) is 49.5 Å². The number of para-hydroxylation sites is 1. The molecular formula is C38H24FN5O. The normalized spacial score (nSPS) is 11.8. The number of halogens is 1. The van der Waals surface area contributed by atoms with Gasteiger partial charge in [-0.2, -0.15) is 0 Å². The Morgan fingerprint density at radius 1 is 0.622 bits per heavy atom. The van der Waals surface area contributed by atoms with Gasteiger partial charge in [0.1, 0.15) is 23.1 Å². The third-order valence-electron chi connectivity index (χ3n) is 8.54. The minimum absolute atomic E-state index is 0.301. The average Bonchev–Trinajstić information content (AvgIpc) is 3.66. The van der Waals surface area contributed by atoms with Crippen molar-refractivity contribution in [1.82, 2.24) is 24.1 Å². The van der Waals surface area contributed by atoms with Gasteiger partial charge in [0.2, 0.25) is 0 Å². The first kappa shape index (κ1) is 25.4. The number of aryl methyl sites for hydroxylation is 1. The summed E-state index contributed by atoms with van der Waals surface area (Å²) >= 11 is 0. The molecule has 45 heavy (non-hydrogen) atoms. The maximum atomic E-state index is 15.5. The molecule has 0 spiro atoms. The van der Waals surface area contributed by atoms with E-state index in [0.29, 0.717) is 33.9 Å². The van der Waals surface area contributed by atoms with Crippen LogP contribution in [0, 0.1) is 12.7 Å². The van der Waals surface area contributed by atoms with Crippen molar-refractivity contribution in [3.8, 4) is 28.7 Å². The molecule has 0 radical (unpaired) electrons. The fourth-order valence-corrected chi connectivity index (χ4v) is 6.52. The van der Waals surface area contributed by atoms with Crippen molar-refractivity contribution in [3.05, 3.63) is 139 Å². The van der Waals surface area contributed by atoms with E-state index in [1.165, 1.54) is 6.07 Å². The predicted molar refractivity (Wildman–Crippen MR) is 177 cm³/mol.